The van der Waals surface area contributed by atoms with E-state index >= 15 is 0 Å². The quantitative estimate of drug-likeness (QED) is 0.706. The normalized spacial score (nSPS) is 25.4. The summed E-state index contributed by atoms with van der Waals surface area (Å²) in [6.07, 6.45) is -0.278. The molecule has 140 valence electrons. The number of hydrogen-bond acceptors (Lipinski definition) is 6. The van der Waals surface area contributed by atoms with Crippen LogP contribution in [0, 0.1) is 0 Å². The van der Waals surface area contributed by atoms with Crippen LogP contribution in [0.1, 0.15) is 12.5 Å². The Morgan fingerprint density at radius 3 is 2.60 bits per heavy atom. The molecule has 0 radical (unpaired) electrons. The van der Waals surface area contributed by atoms with E-state index in [1.165, 1.54) is 5.56 Å². The minimum Gasteiger partial charge on any atom is -0.491 e. The number of β-amino-alcohol motifs (C(OH)–C–C–N with tert-alkyl or cyclic N) is 1. The predicted molar refractivity (Wildman–Crippen MR) is 95.9 cm³/mol. The van der Waals surface area contributed by atoms with Crippen molar-refractivity contribution in [3.8, 4) is 5.75 Å². The number of hydrogen-bond donors (Lipinski definition) is 1. The molecule has 0 aromatic heterocycles. The Bertz CT molecular complexity index is 505. The standard InChI is InChI=1S/C19H30N2O4/c1-2-23-11-12-25-17-5-3-16(4-6-17)13-20-14-18(19(22)15-20)21-7-9-24-10-8-21/h3-6,18-19,22H,2,7-15H2,1H3/t18-,19-/m0/s1. The summed E-state index contributed by atoms with van der Waals surface area (Å²) in [5.74, 6) is 0.871. The molecule has 0 spiro atoms. The van der Waals surface area contributed by atoms with Crippen LogP contribution in [0.4, 0.5) is 0 Å². The zero-order valence-corrected chi connectivity index (χ0v) is 15.1. The van der Waals surface area contributed by atoms with Crippen LogP contribution in [0.5, 0.6) is 5.75 Å². The Balaban J connectivity index is 1.46. The van der Waals surface area contributed by atoms with Crippen molar-refractivity contribution in [2.24, 2.45) is 0 Å². The molecule has 2 fully saturated rings. The molecule has 0 saturated carbocycles. The van der Waals surface area contributed by atoms with E-state index in [1.54, 1.807) is 0 Å². The average molecular weight is 350 g/mol. The molecule has 2 aliphatic rings. The van der Waals surface area contributed by atoms with E-state index in [1.807, 2.05) is 19.1 Å². The summed E-state index contributed by atoms with van der Waals surface area (Å²) in [5, 5.41) is 10.4. The van der Waals surface area contributed by atoms with E-state index in [-0.39, 0.29) is 12.1 Å². The number of rotatable bonds is 8. The molecule has 25 heavy (non-hydrogen) atoms. The molecular formula is C19H30N2O4. The van der Waals surface area contributed by atoms with Crippen LogP contribution in [-0.4, -0.2) is 86.3 Å². The monoisotopic (exact) mass is 350 g/mol. The van der Waals surface area contributed by atoms with Crippen LogP contribution in [0.15, 0.2) is 24.3 Å². The first-order valence-corrected chi connectivity index (χ1v) is 9.28. The SMILES string of the molecule is CCOCCOc1ccc(CN2C[C@H](O)[C@@H](N3CCOCC3)C2)cc1. The van der Waals surface area contributed by atoms with Crippen LogP contribution in [-0.2, 0) is 16.0 Å². The molecule has 6 heteroatoms. The first-order valence-electron chi connectivity index (χ1n) is 9.28. The lowest BCUT2D eigenvalue weighted by Crippen LogP contribution is -2.48. The van der Waals surface area contributed by atoms with Gasteiger partial charge in [-0.1, -0.05) is 12.1 Å². The Kier molecular flexibility index (Phi) is 7.07. The molecule has 0 unspecified atom stereocenters. The number of nitrogens with zero attached hydrogens (tertiary/aromatic N) is 2. The van der Waals surface area contributed by atoms with E-state index in [0.717, 1.165) is 58.3 Å². The maximum atomic E-state index is 10.4. The van der Waals surface area contributed by atoms with E-state index in [4.69, 9.17) is 14.2 Å². The fourth-order valence-electron chi connectivity index (χ4n) is 3.56. The Morgan fingerprint density at radius 2 is 1.88 bits per heavy atom. The first kappa shape index (κ1) is 18.6. The van der Waals surface area contributed by atoms with Crippen molar-refractivity contribution < 1.29 is 19.3 Å². The summed E-state index contributed by atoms with van der Waals surface area (Å²) < 4.78 is 16.3. The van der Waals surface area contributed by atoms with Gasteiger partial charge in [0.2, 0.25) is 0 Å². The third-order valence-electron chi connectivity index (χ3n) is 4.88. The molecule has 2 heterocycles. The Morgan fingerprint density at radius 1 is 1.12 bits per heavy atom. The van der Waals surface area contributed by atoms with Gasteiger partial charge in [0, 0.05) is 45.4 Å². The topological polar surface area (TPSA) is 54.4 Å². The lowest BCUT2D eigenvalue weighted by Gasteiger charge is -2.33. The molecule has 1 N–H and O–H groups in total. The highest BCUT2D eigenvalue weighted by Crippen LogP contribution is 2.21. The zero-order valence-electron chi connectivity index (χ0n) is 15.1. The van der Waals surface area contributed by atoms with Gasteiger partial charge in [0.05, 0.1) is 25.9 Å². The number of ether oxygens (including phenoxy) is 3. The lowest BCUT2D eigenvalue weighted by atomic mass is 10.1. The highest BCUT2D eigenvalue weighted by Gasteiger charge is 2.35. The Hall–Kier alpha value is -1.18. The van der Waals surface area contributed by atoms with Crippen molar-refractivity contribution in [1.29, 1.82) is 0 Å². The number of morpholine rings is 1. The summed E-state index contributed by atoms with van der Waals surface area (Å²) in [6, 6.07) is 8.44. The van der Waals surface area contributed by atoms with Crippen molar-refractivity contribution in [2.75, 3.05) is 59.2 Å². The minimum atomic E-state index is -0.278. The summed E-state index contributed by atoms with van der Waals surface area (Å²) in [4.78, 5) is 4.69. The largest absolute Gasteiger partial charge is 0.491 e. The molecular weight excluding hydrogens is 320 g/mol. The second-order valence-electron chi connectivity index (χ2n) is 6.67. The van der Waals surface area contributed by atoms with Crippen molar-refractivity contribution in [3.05, 3.63) is 29.8 Å². The third kappa shape index (κ3) is 5.39. The average Bonchev–Trinajstić information content (AvgIpc) is 3.01. The van der Waals surface area contributed by atoms with Crippen molar-refractivity contribution in [1.82, 2.24) is 9.80 Å². The van der Waals surface area contributed by atoms with Crippen molar-refractivity contribution >= 4 is 0 Å². The van der Waals surface area contributed by atoms with E-state index in [2.05, 4.69) is 21.9 Å². The van der Waals surface area contributed by atoms with Crippen molar-refractivity contribution in [3.63, 3.8) is 0 Å². The molecule has 1 aromatic carbocycles. The van der Waals surface area contributed by atoms with Crippen LogP contribution in [0.2, 0.25) is 0 Å². The number of likely N-dealkylation sites (tertiary alicyclic amines) is 1. The van der Waals surface area contributed by atoms with Gasteiger partial charge in [-0.25, -0.2) is 0 Å². The van der Waals surface area contributed by atoms with E-state index in [0.29, 0.717) is 13.2 Å². The minimum absolute atomic E-state index is 0.227. The summed E-state index contributed by atoms with van der Waals surface area (Å²) in [7, 11) is 0. The lowest BCUT2D eigenvalue weighted by molar-refractivity contribution is -0.00618. The molecule has 6 nitrogen and oxygen atoms in total. The summed E-state index contributed by atoms with van der Waals surface area (Å²) >= 11 is 0. The smallest absolute Gasteiger partial charge is 0.119 e. The van der Waals surface area contributed by atoms with Crippen LogP contribution >= 0.6 is 0 Å². The highest BCUT2D eigenvalue weighted by molar-refractivity contribution is 5.27. The van der Waals surface area contributed by atoms with Gasteiger partial charge in [0.1, 0.15) is 12.4 Å². The highest BCUT2D eigenvalue weighted by atomic mass is 16.5. The van der Waals surface area contributed by atoms with Crippen molar-refractivity contribution in [2.45, 2.75) is 25.6 Å². The maximum absolute atomic E-state index is 10.4. The van der Waals surface area contributed by atoms with Crippen LogP contribution in [0.3, 0.4) is 0 Å². The first-order chi connectivity index (χ1) is 12.3. The summed E-state index contributed by atoms with van der Waals surface area (Å²) in [6.45, 7) is 9.77. The summed E-state index contributed by atoms with van der Waals surface area (Å²) in [5.41, 5.74) is 1.24. The molecule has 2 atom stereocenters. The molecule has 1 aromatic rings. The molecule has 0 amide bonds. The third-order valence-corrected chi connectivity index (χ3v) is 4.88. The Labute approximate surface area is 150 Å². The van der Waals surface area contributed by atoms with Gasteiger partial charge >= 0.3 is 0 Å². The number of aliphatic hydroxyl groups is 1. The predicted octanol–water partition coefficient (Wildman–Crippen LogP) is 0.979. The van der Waals surface area contributed by atoms with Gasteiger partial charge < -0.3 is 19.3 Å². The molecule has 2 aliphatic heterocycles. The van der Waals surface area contributed by atoms with Gasteiger partial charge in [0.25, 0.3) is 0 Å². The van der Waals surface area contributed by atoms with Crippen LogP contribution in [0.25, 0.3) is 0 Å². The second kappa shape index (κ2) is 9.50. The van der Waals surface area contributed by atoms with Gasteiger partial charge in [-0.2, -0.15) is 0 Å². The van der Waals surface area contributed by atoms with E-state index < -0.39 is 0 Å². The van der Waals surface area contributed by atoms with Crippen LogP contribution < -0.4 is 4.74 Å². The fraction of sp³-hybridized carbons (Fsp3) is 0.684. The van der Waals surface area contributed by atoms with E-state index in [9.17, 15) is 5.11 Å². The molecule has 0 aliphatic carbocycles. The van der Waals surface area contributed by atoms with Gasteiger partial charge in [-0.15, -0.1) is 0 Å². The second-order valence-corrected chi connectivity index (χ2v) is 6.67. The molecule has 3 rings (SSSR count). The maximum Gasteiger partial charge on any atom is 0.119 e. The van der Waals surface area contributed by atoms with Gasteiger partial charge in [-0.3, -0.25) is 9.80 Å². The molecule has 0 bridgehead atoms. The number of benzene rings is 1. The number of aliphatic hydroxyl groups excluding tert-OH is 1. The fourth-order valence-corrected chi connectivity index (χ4v) is 3.56. The molecule has 2 saturated heterocycles. The zero-order chi connectivity index (χ0) is 17.5. The van der Waals surface area contributed by atoms with Gasteiger partial charge in [-0.05, 0) is 24.6 Å². The van der Waals surface area contributed by atoms with Gasteiger partial charge in [0.15, 0.2) is 0 Å².